The summed E-state index contributed by atoms with van der Waals surface area (Å²) in [7, 11) is 0. The van der Waals surface area contributed by atoms with E-state index >= 15 is 0 Å². The summed E-state index contributed by atoms with van der Waals surface area (Å²) in [6.07, 6.45) is 0.830. The fourth-order valence-corrected chi connectivity index (χ4v) is 1.50. The van der Waals surface area contributed by atoms with Crippen molar-refractivity contribution in [2.75, 3.05) is 0 Å². The predicted molar refractivity (Wildman–Crippen MR) is 64.7 cm³/mol. The molecule has 0 saturated heterocycles. The molecule has 2 nitrogen and oxygen atoms in total. The molecule has 0 heterocycles. The van der Waals surface area contributed by atoms with Gasteiger partial charge in [-0.05, 0) is 30.0 Å². The average Bonchev–Trinajstić information content (AvgIpc) is 2.17. The summed E-state index contributed by atoms with van der Waals surface area (Å²) in [6.45, 7) is 4.16. The molecule has 1 atom stereocenters. The van der Waals surface area contributed by atoms with Crippen molar-refractivity contribution in [3.05, 3.63) is 35.1 Å². The van der Waals surface area contributed by atoms with E-state index in [1.54, 1.807) is 6.07 Å². The molecule has 0 saturated carbocycles. The zero-order chi connectivity index (χ0) is 11.4. The monoisotopic (exact) mass is 242 g/mol. The zero-order valence-corrected chi connectivity index (χ0v) is 10.2. The highest BCUT2D eigenvalue weighted by Gasteiger charge is 2.10. The lowest BCUT2D eigenvalue weighted by Crippen LogP contribution is -2.13. The second-order valence-corrected chi connectivity index (χ2v) is 4.09. The summed E-state index contributed by atoms with van der Waals surface area (Å²) >= 11 is 0. The number of nitriles is 1. The number of benzene rings is 1. The van der Waals surface area contributed by atoms with E-state index in [1.807, 2.05) is 6.07 Å². The summed E-state index contributed by atoms with van der Waals surface area (Å²) in [6, 6.07) is 6.16. The Hall–Kier alpha value is -1.11. The Kier molecular flexibility index (Phi) is 6.02. The van der Waals surface area contributed by atoms with Crippen molar-refractivity contribution in [2.45, 2.75) is 26.3 Å². The highest BCUT2D eigenvalue weighted by Crippen LogP contribution is 2.20. The molecule has 1 aromatic rings. The van der Waals surface area contributed by atoms with Crippen molar-refractivity contribution in [3.63, 3.8) is 0 Å². The van der Waals surface area contributed by atoms with E-state index in [9.17, 15) is 4.39 Å². The second kappa shape index (κ2) is 6.47. The average molecular weight is 243 g/mol. The van der Waals surface area contributed by atoms with Gasteiger partial charge >= 0.3 is 0 Å². The van der Waals surface area contributed by atoms with Crippen molar-refractivity contribution in [1.29, 1.82) is 5.26 Å². The first-order valence-corrected chi connectivity index (χ1v) is 4.99. The quantitative estimate of drug-likeness (QED) is 0.885. The topological polar surface area (TPSA) is 49.8 Å². The molecule has 0 aliphatic rings. The fraction of sp³-hybridized carbons (Fsp3) is 0.417. The molecular formula is C12H16ClFN2. The lowest BCUT2D eigenvalue weighted by atomic mass is 9.96. The van der Waals surface area contributed by atoms with Crippen LogP contribution in [0.25, 0.3) is 0 Å². The summed E-state index contributed by atoms with van der Waals surface area (Å²) in [4.78, 5) is 0. The van der Waals surface area contributed by atoms with E-state index in [2.05, 4.69) is 13.8 Å². The zero-order valence-electron chi connectivity index (χ0n) is 9.40. The van der Waals surface area contributed by atoms with Gasteiger partial charge in [0.25, 0.3) is 0 Å². The van der Waals surface area contributed by atoms with Crippen LogP contribution in [-0.2, 0) is 0 Å². The van der Waals surface area contributed by atoms with Crippen molar-refractivity contribution in [3.8, 4) is 6.07 Å². The van der Waals surface area contributed by atoms with Crippen LogP contribution in [0.2, 0.25) is 0 Å². The highest BCUT2D eigenvalue weighted by molar-refractivity contribution is 5.85. The van der Waals surface area contributed by atoms with Gasteiger partial charge in [0.1, 0.15) is 11.9 Å². The fourth-order valence-electron chi connectivity index (χ4n) is 1.50. The Morgan fingerprint density at radius 1 is 1.44 bits per heavy atom. The van der Waals surface area contributed by atoms with E-state index in [4.69, 9.17) is 11.0 Å². The first kappa shape index (κ1) is 14.9. The van der Waals surface area contributed by atoms with E-state index in [-0.39, 0.29) is 24.0 Å². The molecule has 88 valence electrons. The number of hydrogen-bond acceptors (Lipinski definition) is 2. The maximum Gasteiger partial charge on any atom is 0.140 e. The molecule has 0 unspecified atom stereocenters. The smallest absolute Gasteiger partial charge is 0.140 e. The SMILES string of the molecule is CC(C)C[C@H](N)c1ccc(F)c(C#N)c1.Cl. The minimum atomic E-state index is -0.488. The van der Waals surface area contributed by atoms with E-state index in [0.717, 1.165) is 12.0 Å². The Labute approximate surface area is 102 Å². The molecular weight excluding hydrogens is 227 g/mol. The molecule has 0 aliphatic heterocycles. The summed E-state index contributed by atoms with van der Waals surface area (Å²) in [5.74, 6) is -0.00594. The second-order valence-electron chi connectivity index (χ2n) is 4.09. The van der Waals surface area contributed by atoms with Gasteiger partial charge in [-0.1, -0.05) is 19.9 Å². The third-order valence-electron chi connectivity index (χ3n) is 2.26. The van der Waals surface area contributed by atoms with E-state index in [1.165, 1.54) is 12.1 Å². The third kappa shape index (κ3) is 3.80. The molecule has 0 fully saturated rings. The molecule has 0 aromatic heterocycles. The maximum atomic E-state index is 13.0. The molecule has 1 aromatic carbocycles. The van der Waals surface area contributed by atoms with Gasteiger partial charge in [0.15, 0.2) is 0 Å². The molecule has 0 aliphatic carbocycles. The normalized spacial score (nSPS) is 11.8. The molecule has 16 heavy (non-hydrogen) atoms. The lowest BCUT2D eigenvalue weighted by Gasteiger charge is -2.14. The standard InChI is InChI=1S/C12H15FN2.ClH/c1-8(2)5-12(15)9-3-4-11(13)10(6-9)7-14;/h3-4,6,8,12H,5,15H2,1-2H3;1H/t12-;/m0./s1. The number of halogens is 2. The summed E-state index contributed by atoms with van der Waals surface area (Å²) < 4.78 is 13.0. The van der Waals surface area contributed by atoms with Gasteiger partial charge in [-0.15, -0.1) is 12.4 Å². The first-order valence-electron chi connectivity index (χ1n) is 4.99. The highest BCUT2D eigenvalue weighted by atomic mass is 35.5. The van der Waals surface area contributed by atoms with E-state index in [0.29, 0.717) is 5.92 Å². The number of nitrogens with two attached hydrogens (primary N) is 1. The lowest BCUT2D eigenvalue weighted by molar-refractivity contribution is 0.509. The van der Waals surface area contributed by atoms with Crippen LogP contribution in [0, 0.1) is 23.1 Å². The van der Waals surface area contributed by atoms with E-state index < -0.39 is 5.82 Å². The van der Waals surface area contributed by atoms with Crippen LogP contribution in [-0.4, -0.2) is 0 Å². The van der Waals surface area contributed by atoms with Crippen molar-refractivity contribution in [2.24, 2.45) is 11.7 Å². The Balaban J connectivity index is 0.00000225. The van der Waals surface area contributed by atoms with Crippen LogP contribution in [0.4, 0.5) is 4.39 Å². The molecule has 0 spiro atoms. The third-order valence-corrected chi connectivity index (χ3v) is 2.26. The molecule has 2 N–H and O–H groups in total. The van der Waals surface area contributed by atoms with Gasteiger partial charge in [0, 0.05) is 6.04 Å². The summed E-state index contributed by atoms with van der Waals surface area (Å²) in [5.41, 5.74) is 6.82. The molecule has 1 rings (SSSR count). The molecule has 4 heteroatoms. The van der Waals surface area contributed by atoms with Crippen molar-refractivity contribution >= 4 is 12.4 Å². The predicted octanol–water partition coefficient (Wildman–Crippen LogP) is 3.17. The Morgan fingerprint density at radius 3 is 2.56 bits per heavy atom. The Morgan fingerprint density at radius 2 is 2.06 bits per heavy atom. The van der Waals surface area contributed by atoms with Gasteiger partial charge in [0.05, 0.1) is 5.56 Å². The number of nitrogens with zero attached hydrogens (tertiary/aromatic N) is 1. The summed E-state index contributed by atoms with van der Waals surface area (Å²) in [5, 5.41) is 8.68. The first-order chi connectivity index (χ1) is 7.04. The molecule has 0 amide bonds. The van der Waals surface area contributed by atoms with Crippen LogP contribution < -0.4 is 5.73 Å². The van der Waals surface area contributed by atoms with Crippen LogP contribution >= 0.6 is 12.4 Å². The minimum Gasteiger partial charge on any atom is -0.324 e. The Bertz CT molecular complexity index is 385. The number of rotatable bonds is 3. The molecule has 0 bridgehead atoms. The van der Waals surface area contributed by atoms with Gasteiger partial charge in [-0.25, -0.2) is 4.39 Å². The van der Waals surface area contributed by atoms with Crippen LogP contribution in [0.3, 0.4) is 0 Å². The van der Waals surface area contributed by atoms with Gasteiger partial charge in [-0.2, -0.15) is 5.26 Å². The molecule has 0 radical (unpaired) electrons. The van der Waals surface area contributed by atoms with Crippen LogP contribution in [0.15, 0.2) is 18.2 Å². The van der Waals surface area contributed by atoms with Crippen LogP contribution in [0.5, 0.6) is 0 Å². The van der Waals surface area contributed by atoms with Crippen molar-refractivity contribution in [1.82, 2.24) is 0 Å². The van der Waals surface area contributed by atoms with Gasteiger partial charge in [-0.3, -0.25) is 0 Å². The van der Waals surface area contributed by atoms with Crippen molar-refractivity contribution < 1.29 is 4.39 Å². The van der Waals surface area contributed by atoms with Crippen LogP contribution in [0.1, 0.15) is 37.4 Å². The minimum absolute atomic E-state index is 0. The van der Waals surface area contributed by atoms with Gasteiger partial charge in [0.2, 0.25) is 0 Å². The van der Waals surface area contributed by atoms with Gasteiger partial charge < -0.3 is 5.73 Å². The largest absolute Gasteiger partial charge is 0.324 e. The maximum absolute atomic E-state index is 13.0. The number of hydrogen-bond donors (Lipinski definition) is 1.